The molecule has 2 aromatic heterocycles. The second kappa shape index (κ2) is 9.72. The number of H-pyrrole nitrogens is 1. The highest BCUT2D eigenvalue weighted by Crippen LogP contribution is 2.39. The van der Waals surface area contributed by atoms with Crippen molar-refractivity contribution < 1.29 is 19.0 Å². The van der Waals surface area contributed by atoms with Gasteiger partial charge in [-0.15, -0.1) is 0 Å². The van der Waals surface area contributed by atoms with Gasteiger partial charge in [0.05, 0.1) is 45.7 Å². The molecule has 1 amide bonds. The molecular weight excluding hydrogens is 408 g/mol. The van der Waals surface area contributed by atoms with Gasteiger partial charge in [-0.2, -0.15) is 5.10 Å². The SMILES string of the molecule is COc1cc(CC(=O)N2CCCC[C@H]2c2[nH]ncc2-c2ccncc2)cc(OC)c1OC. The summed E-state index contributed by atoms with van der Waals surface area (Å²) in [6.45, 7) is 0.711. The molecule has 168 valence electrons. The molecule has 1 N–H and O–H groups in total. The molecule has 0 unspecified atom stereocenters. The van der Waals surface area contributed by atoms with Crippen LogP contribution in [0.25, 0.3) is 11.1 Å². The summed E-state index contributed by atoms with van der Waals surface area (Å²) in [5.74, 6) is 1.65. The van der Waals surface area contributed by atoms with Crippen LogP contribution in [0, 0.1) is 0 Å². The number of ether oxygens (including phenoxy) is 3. The Hall–Kier alpha value is -3.55. The van der Waals surface area contributed by atoms with Gasteiger partial charge in [-0.05, 0) is 54.7 Å². The number of carbonyl (C=O) groups is 1. The molecule has 1 aromatic carbocycles. The molecule has 1 aliphatic rings. The fraction of sp³-hybridized carbons (Fsp3) is 0.375. The van der Waals surface area contributed by atoms with E-state index in [0.29, 0.717) is 23.8 Å². The maximum absolute atomic E-state index is 13.4. The van der Waals surface area contributed by atoms with Gasteiger partial charge in [0.15, 0.2) is 11.5 Å². The first-order valence-corrected chi connectivity index (χ1v) is 10.7. The fourth-order valence-electron chi connectivity index (χ4n) is 4.36. The second-order valence-corrected chi connectivity index (χ2v) is 7.74. The average Bonchev–Trinajstić information content (AvgIpc) is 3.33. The Kier molecular flexibility index (Phi) is 6.58. The number of carbonyl (C=O) groups excluding carboxylic acids is 1. The Bertz CT molecular complexity index is 1040. The predicted octanol–water partition coefficient (Wildman–Crippen LogP) is 3.79. The molecule has 8 nitrogen and oxygen atoms in total. The van der Waals surface area contributed by atoms with E-state index in [-0.39, 0.29) is 18.4 Å². The van der Waals surface area contributed by atoms with E-state index in [1.165, 1.54) is 0 Å². The number of hydrogen-bond acceptors (Lipinski definition) is 6. The number of amides is 1. The predicted molar refractivity (Wildman–Crippen MR) is 120 cm³/mol. The van der Waals surface area contributed by atoms with Crippen molar-refractivity contribution in [2.24, 2.45) is 0 Å². The van der Waals surface area contributed by atoms with Gasteiger partial charge in [0, 0.05) is 24.5 Å². The van der Waals surface area contributed by atoms with Gasteiger partial charge in [0.25, 0.3) is 0 Å². The van der Waals surface area contributed by atoms with Crippen molar-refractivity contribution in [3.8, 4) is 28.4 Å². The molecule has 1 saturated heterocycles. The Morgan fingerprint density at radius 3 is 2.47 bits per heavy atom. The Balaban J connectivity index is 1.61. The summed E-state index contributed by atoms with van der Waals surface area (Å²) in [5, 5.41) is 7.44. The summed E-state index contributed by atoms with van der Waals surface area (Å²) in [4.78, 5) is 19.5. The van der Waals surface area contributed by atoms with Gasteiger partial charge < -0.3 is 19.1 Å². The number of likely N-dealkylation sites (tertiary alicyclic amines) is 1. The number of rotatable bonds is 7. The van der Waals surface area contributed by atoms with Gasteiger partial charge >= 0.3 is 0 Å². The number of aromatic nitrogens is 3. The van der Waals surface area contributed by atoms with Gasteiger partial charge in [-0.25, -0.2) is 0 Å². The monoisotopic (exact) mass is 436 g/mol. The van der Waals surface area contributed by atoms with Gasteiger partial charge in [0.2, 0.25) is 11.7 Å². The van der Waals surface area contributed by atoms with E-state index in [4.69, 9.17) is 14.2 Å². The minimum Gasteiger partial charge on any atom is -0.493 e. The zero-order chi connectivity index (χ0) is 22.5. The van der Waals surface area contributed by atoms with Crippen LogP contribution in [0.15, 0.2) is 42.9 Å². The molecule has 3 heterocycles. The van der Waals surface area contributed by atoms with Crippen molar-refractivity contribution in [1.29, 1.82) is 0 Å². The summed E-state index contributed by atoms with van der Waals surface area (Å²) in [6.07, 6.45) is 8.53. The van der Waals surface area contributed by atoms with E-state index in [2.05, 4.69) is 15.2 Å². The standard InChI is InChI=1S/C24H28N4O4/c1-30-20-12-16(13-21(31-2)24(20)32-3)14-22(29)28-11-5-4-6-19(28)23-18(15-26-27-23)17-7-9-25-10-8-17/h7-10,12-13,15,19H,4-6,11,14H2,1-3H3,(H,26,27)/t19-/m0/s1. The summed E-state index contributed by atoms with van der Waals surface area (Å²) >= 11 is 0. The number of nitrogens with zero attached hydrogens (tertiary/aromatic N) is 3. The maximum Gasteiger partial charge on any atom is 0.227 e. The van der Waals surface area contributed by atoms with Crippen molar-refractivity contribution in [2.75, 3.05) is 27.9 Å². The first-order chi connectivity index (χ1) is 15.7. The number of benzene rings is 1. The molecule has 1 atom stereocenters. The normalized spacial score (nSPS) is 16.0. The van der Waals surface area contributed by atoms with Crippen LogP contribution in [0.3, 0.4) is 0 Å². The largest absolute Gasteiger partial charge is 0.493 e. The topological polar surface area (TPSA) is 89.6 Å². The third-order valence-corrected chi connectivity index (χ3v) is 5.90. The molecule has 0 spiro atoms. The molecule has 0 radical (unpaired) electrons. The number of nitrogens with one attached hydrogen (secondary N) is 1. The fourth-order valence-corrected chi connectivity index (χ4v) is 4.36. The Morgan fingerprint density at radius 1 is 1.09 bits per heavy atom. The Labute approximate surface area is 187 Å². The summed E-state index contributed by atoms with van der Waals surface area (Å²) in [6, 6.07) is 7.52. The number of hydrogen-bond donors (Lipinski definition) is 1. The van der Waals surface area contributed by atoms with Gasteiger partial charge in [-0.3, -0.25) is 14.9 Å². The van der Waals surface area contributed by atoms with E-state index >= 15 is 0 Å². The van der Waals surface area contributed by atoms with Crippen LogP contribution >= 0.6 is 0 Å². The zero-order valence-electron chi connectivity index (χ0n) is 18.6. The molecule has 1 aliphatic heterocycles. The van der Waals surface area contributed by atoms with Gasteiger partial charge in [-0.1, -0.05) is 0 Å². The van der Waals surface area contributed by atoms with Crippen LogP contribution in [0.5, 0.6) is 17.2 Å². The summed E-state index contributed by atoms with van der Waals surface area (Å²) < 4.78 is 16.3. The molecule has 8 heteroatoms. The highest BCUT2D eigenvalue weighted by atomic mass is 16.5. The lowest BCUT2D eigenvalue weighted by Gasteiger charge is -2.36. The number of piperidine rings is 1. The third kappa shape index (κ3) is 4.26. The molecule has 4 rings (SSSR count). The lowest BCUT2D eigenvalue weighted by molar-refractivity contribution is -0.134. The van der Waals surface area contributed by atoms with Crippen LogP contribution in [0.2, 0.25) is 0 Å². The molecular formula is C24H28N4O4. The average molecular weight is 437 g/mol. The van der Waals surface area contributed by atoms with E-state index in [1.54, 1.807) is 33.7 Å². The summed E-state index contributed by atoms with van der Waals surface area (Å²) in [7, 11) is 4.71. The molecule has 32 heavy (non-hydrogen) atoms. The number of methoxy groups -OCH3 is 3. The third-order valence-electron chi connectivity index (χ3n) is 5.90. The van der Waals surface area contributed by atoms with Crippen molar-refractivity contribution in [3.63, 3.8) is 0 Å². The van der Waals surface area contributed by atoms with Crippen LogP contribution < -0.4 is 14.2 Å². The minimum absolute atomic E-state index is 0.0519. The van der Waals surface area contributed by atoms with Crippen molar-refractivity contribution in [1.82, 2.24) is 20.1 Å². The first-order valence-electron chi connectivity index (χ1n) is 10.7. The minimum atomic E-state index is -0.0519. The van der Waals surface area contributed by atoms with E-state index in [1.807, 2.05) is 35.4 Å². The second-order valence-electron chi connectivity index (χ2n) is 7.74. The highest BCUT2D eigenvalue weighted by molar-refractivity contribution is 5.80. The lowest BCUT2D eigenvalue weighted by Crippen LogP contribution is -2.39. The highest BCUT2D eigenvalue weighted by Gasteiger charge is 2.31. The van der Waals surface area contributed by atoms with E-state index in [9.17, 15) is 4.79 Å². The van der Waals surface area contributed by atoms with E-state index < -0.39 is 0 Å². The smallest absolute Gasteiger partial charge is 0.227 e. The van der Waals surface area contributed by atoms with Crippen molar-refractivity contribution in [3.05, 3.63) is 54.1 Å². The van der Waals surface area contributed by atoms with Crippen molar-refractivity contribution >= 4 is 5.91 Å². The Morgan fingerprint density at radius 2 is 1.81 bits per heavy atom. The molecule has 1 fully saturated rings. The van der Waals surface area contributed by atoms with Crippen LogP contribution in [0.4, 0.5) is 0 Å². The summed E-state index contributed by atoms with van der Waals surface area (Å²) in [5.41, 5.74) is 3.82. The van der Waals surface area contributed by atoms with Crippen LogP contribution in [0.1, 0.15) is 36.6 Å². The quantitative estimate of drug-likeness (QED) is 0.606. The maximum atomic E-state index is 13.4. The molecule has 0 aliphatic carbocycles. The van der Waals surface area contributed by atoms with E-state index in [0.717, 1.165) is 41.6 Å². The van der Waals surface area contributed by atoms with Crippen LogP contribution in [-0.2, 0) is 11.2 Å². The zero-order valence-corrected chi connectivity index (χ0v) is 18.6. The van der Waals surface area contributed by atoms with Crippen LogP contribution in [-0.4, -0.2) is 53.9 Å². The van der Waals surface area contributed by atoms with Crippen molar-refractivity contribution in [2.45, 2.75) is 31.7 Å². The first kappa shape index (κ1) is 21.7. The van der Waals surface area contributed by atoms with Gasteiger partial charge in [0.1, 0.15) is 0 Å². The molecule has 0 saturated carbocycles. The molecule has 3 aromatic rings. The lowest BCUT2D eigenvalue weighted by atomic mass is 9.94. The molecule has 0 bridgehead atoms. The number of aromatic amines is 1. The number of pyridine rings is 1.